The molecule has 2 N–H and O–H groups in total. The van der Waals surface area contributed by atoms with Gasteiger partial charge in [0.05, 0.1) is 4.90 Å². The highest BCUT2D eigenvalue weighted by Gasteiger charge is 2.07. The van der Waals surface area contributed by atoms with Gasteiger partial charge in [-0.2, -0.15) is 0 Å². The second-order valence-electron chi connectivity index (χ2n) is 3.58. The average Bonchev–Trinajstić information content (AvgIpc) is 2.38. The van der Waals surface area contributed by atoms with Crippen LogP contribution in [0.3, 0.4) is 0 Å². The molecular weight excluding hydrogens is 254 g/mol. The van der Waals surface area contributed by atoms with Crippen LogP contribution in [-0.4, -0.2) is 34.4 Å². The van der Waals surface area contributed by atoms with E-state index in [9.17, 15) is 9.00 Å². The first-order valence-corrected chi connectivity index (χ1v) is 6.82. The molecule has 0 aromatic heterocycles. The minimum Gasteiger partial charge on any atom is -0.382 e. The number of amides is 1. The van der Waals surface area contributed by atoms with Crippen molar-refractivity contribution in [3.8, 4) is 0 Å². The molecule has 0 aliphatic heterocycles. The Balaban J connectivity index is 2.46. The Hall–Kier alpha value is -1.24. The SMILES string of the molecule is CCOCCCNC(=O)c1cccc(S(=O)O)c1. The van der Waals surface area contributed by atoms with Gasteiger partial charge in [0.2, 0.25) is 0 Å². The Morgan fingerprint density at radius 3 is 2.94 bits per heavy atom. The first-order valence-electron chi connectivity index (χ1n) is 5.72. The lowest BCUT2D eigenvalue weighted by Gasteiger charge is -2.06. The van der Waals surface area contributed by atoms with Crippen LogP contribution in [0.1, 0.15) is 23.7 Å². The second-order valence-corrected chi connectivity index (χ2v) is 4.55. The number of hydrogen-bond donors (Lipinski definition) is 2. The third kappa shape index (κ3) is 4.95. The van der Waals surface area contributed by atoms with Crippen molar-refractivity contribution >= 4 is 17.0 Å². The van der Waals surface area contributed by atoms with Gasteiger partial charge in [-0.25, -0.2) is 4.21 Å². The summed E-state index contributed by atoms with van der Waals surface area (Å²) in [5.41, 5.74) is 0.381. The van der Waals surface area contributed by atoms with Crippen molar-refractivity contribution in [3.05, 3.63) is 29.8 Å². The van der Waals surface area contributed by atoms with Crippen molar-refractivity contribution in [1.82, 2.24) is 5.32 Å². The van der Waals surface area contributed by atoms with Crippen molar-refractivity contribution in [2.75, 3.05) is 19.8 Å². The van der Waals surface area contributed by atoms with Crippen LogP contribution >= 0.6 is 0 Å². The van der Waals surface area contributed by atoms with Gasteiger partial charge < -0.3 is 14.6 Å². The van der Waals surface area contributed by atoms with E-state index in [0.29, 0.717) is 25.3 Å². The maximum atomic E-state index is 11.7. The maximum absolute atomic E-state index is 11.7. The Labute approximate surface area is 109 Å². The van der Waals surface area contributed by atoms with Crippen LogP contribution in [0.5, 0.6) is 0 Å². The molecule has 0 aliphatic carbocycles. The number of hydrogen-bond acceptors (Lipinski definition) is 3. The minimum atomic E-state index is -2.07. The molecule has 1 amide bonds. The third-order valence-corrected chi connectivity index (χ3v) is 2.91. The zero-order chi connectivity index (χ0) is 13.4. The van der Waals surface area contributed by atoms with E-state index in [1.807, 2.05) is 6.92 Å². The Kier molecular flexibility index (Phi) is 6.56. The third-order valence-electron chi connectivity index (χ3n) is 2.25. The van der Waals surface area contributed by atoms with Crippen molar-refractivity contribution in [1.29, 1.82) is 0 Å². The summed E-state index contributed by atoms with van der Waals surface area (Å²) in [6, 6.07) is 6.10. The molecule has 0 heterocycles. The number of benzene rings is 1. The second kappa shape index (κ2) is 7.97. The molecule has 1 atom stereocenters. The first-order chi connectivity index (χ1) is 8.65. The highest BCUT2D eigenvalue weighted by atomic mass is 32.2. The normalized spacial score (nSPS) is 12.1. The van der Waals surface area contributed by atoms with Crippen LogP contribution < -0.4 is 5.32 Å². The van der Waals surface area contributed by atoms with Crippen LogP contribution in [0, 0.1) is 0 Å². The first kappa shape index (κ1) is 14.8. The molecule has 0 fully saturated rings. The van der Waals surface area contributed by atoms with E-state index in [2.05, 4.69) is 5.32 Å². The number of carbonyl (C=O) groups excluding carboxylic acids is 1. The van der Waals surface area contributed by atoms with Crippen molar-refractivity contribution in [2.45, 2.75) is 18.2 Å². The highest BCUT2D eigenvalue weighted by molar-refractivity contribution is 7.79. The van der Waals surface area contributed by atoms with Crippen LogP contribution in [0.15, 0.2) is 29.2 Å². The fourth-order valence-corrected chi connectivity index (χ4v) is 1.79. The van der Waals surface area contributed by atoms with Crippen LogP contribution in [0.25, 0.3) is 0 Å². The summed E-state index contributed by atoms with van der Waals surface area (Å²) < 4.78 is 24.9. The Morgan fingerprint density at radius 1 is 1.50 bits per heavy atom. The predicted molar refractivity (Wildman–Crippen MR) is 68.9 cm³/mol. The van der Waals surface area contributed by atoms with E-state index in [-0.39, 0.29) is 10.8 Å². The molecule has 0 bridgehead atoms. The molecular formula is C12H17NO4S. The van der Waals surface area contributed by atoms with E-state index < -0.39 is 11.1 Å². The summed E-state index contributed by atoms with van der Waals surface area (Å²) in [4.78, 5) is 11.9. The summed E-state index contributed by atoms with van der Waals surface area (Å²) in [5, 5.41) is 2.72. The maximum Gasteiger partial charge on any atom is 0.251 e. The molecule has 1 aromatic carbocycles. The molecule has 0 radical (unpaired) electrons. The molecule has 1 rings (SSSR count). The van der Waals surface area contributed by atoms with Gasteiger partial charge in [0.25, 0.3) is 5.91 Å². The molecule has 0 saturated heterocycles. The molecule has 0 aliphatic rings. The lowest BCUT2D eigenvalue weighted by Crippen LogP contribution is -2.25. The highest BCUT2D eigenvalue weighted by Crippen LogP contribution is 2.08. The Bertz CT molecular complexity index is 422. The fourth-order valence-electron chi connectivity index (χ4n) is 1.37. The largest absolute Gasteiger partial charge is 0.382 e. The van der Waals surface area contributed by atoms with E-state index in [0.717, 1.165) is 6.42 Å². The number of rotatable bonds is 7. The zero-order valence-electron chi connectivity index (χ0n) is 10.2. The van der Waals surface area contributed by atoms with Gasteiger partial charge in [-0.3, -0.25) is 4.79 Å². The van der Waals surface area contributed by atoms with Gasteiger partial charge in [0.15, 0.2) is 11.1 Å². The standard InChI is InChI=1S/C12H17NO4S/c1-2-17-8-4-7-13-12(14)10-5-3-6-11(9-10)18(15)16/h3,5-6,9H,2,4,7-8H2,1H3,(H,13,14)(H,15,16). The van der Waals surface area contributed by atoms with Gasteiger partial charge in [-0.05, 0) is 31.5 Å². The van der Waals surface area contributed by atoms with Crippen molar-refractivity contribution in [2.24, 2.45) is 0 Å². The van der Waals surface area contributed by atoms with Gasteiger partial charge in [0.1, 0.15) is 0 Å². The van der Waals surface area contributed by atoms with Crippen LogP contribution in [0.2, 0.25) is 0 Å². The topological polar surface area (TPSA) is 75.6 Å². The fraction of sp³-hybridized carbons (Fsp3) is 0.417. The van der Waals surface area contributed by atoms with Crippen molar-refractivity contribution < 1.29 is 18.3 Å². The van der Waals surface area contributed by atoms with Gasteiger partial charge >= 0.3 is 0 Å². The number of ether oxygens (including phenoxy) is 1. The molecule has 100 valence electrons. The Morgan fingerprint density at radius 2 is 2.28 bits per heavy atom. The van der Waals surface area contributed by atoms with Gasteiger partial charge in [-0.15, -0.1) is 0 Å². The summed E-state index contributed by atoms with van der Waals surface area (Å²) in [6.45, 7) is 3.71. The van der Waals surface area contributed by atoms with E-state index in [4.69, 9.17) is 9.29 Å². The van der Waals surface area contributed by atoms with Crippen LogP contribution in [-0.2, 0) is 15.8 Å². The monoisotopic (exact) mass is 271 g/mol. The lowest BCUT2D eigenvalue weighted by atomic mass is 10.2. The van der Waals surface area contributed by atoms with Crippen LogP contribution in [0.4, 0.5) is 0 Å². The minimum absolute atomic E-state index is 0.219. The summed E-state index contributed by atoms with van der Waals surface area (Å²) in [5.74, 6) is -0.251. The molecule has 5 nitrogen and oxygen atoms in total. The lowest BCUT2D eigenvalue weighted by molar-refractivity contribution is 0.0944. The average molecular weight is 271 g/mol. The molecule has 0 saturated carbocycles. The quantitative estimate of drug-likeness (QED) is 0.581. The zero-order valence-corrected chi connectivity index (χ0v) is 11.0. The smallest absolute Gasteiger partial charge is 0.251 e. The summed E-state index contributed by atoms with van der Waals surface area (Å²) in [7, 11) is 0. The van der Waals surface area contributed by atoms with E-state index >= 15 is 0 Å². The molecule has 0 spiro atoms. The molecule has 1 unspecified atom stereocenters. The molecule has 18 heavy (non-hydrogen) atoms. The summed E-state index contributed by atoms with van der Waals surface area (Å²) in [6.07, 6.45) is 0.741. The predicted octanol–water partition coefficient (Wildman–Crippen LogP) is 1.42. The van der Waals surface area contributed by atoms with Gasteiger partial charge in [0, 0.05) is 25.3 Å². The number of carbonyl (C=O) groups is 1. The number of nitrogens with one attached hydrogen (secondary N) is 1. The van der Waals surface area contributed by atoms with E-state index in [1.54, 1.807) is 12.1 Å². The molecule has 6 heteroatoms. The molecule has 1 aromatic rings. The van der Waals surface area contributed by atoms with Crippen molar-refractivity contribution in [3.63, 3.8) is 0 Å². The van der Waals surface area contributed by atoms with E-state index in [1.165, 1.54) is 12.1 Å². The summed E-state index contributed by atoms with van der Waals surface area (Å²) >= 11 is -2.07. The van der Waals surface area contributed by atoms with Gasteiger partial charge in [-0.1, -0.05) is 6.07 Å².